The van der Waals surface area contributed by atoms with Crippen molar-refractivity contribution in [1.29, 1.82) is 0 Å². The predicted molar refractivity (Wildman–Crippen MR) is 103 cm³/mol. The maximum atomic E-state index is 12.3. The first-order chi connectivity index (χ1) is 12.3. The number of rotatable bonds is 7. The Hall–Kier alpha value is -2.28. The number of thioether (sulfide) groups is 1. The average molecular weight is 375 g/mol. The van der Waals surface area contributed by atoms with Crippen LogP contribution in [0.1, 0.15) is 37.9 Å². The minimum atomic E-state index is -0.877. The lowest BCUT2D eigenvalue weighted by molar-refractivity contribution is -0.150. The van der Waals surface area contributed by atoms with E-state index in [2.05, 4.69) is 16.5 Å². The number of hydrogen-bond acceptors (Lipinski definition) is 5. The summed E-state index contributed by atoms with van der Waals surface area (Å²) in [4.78, 5) is 25.3. The van der Waals surface area contributed by atoms with E-state index in [0.29, 0.717) is 5.82 Å². The van der Waals surface area contributed by atoms with Crippen LogP contribution in [-0.2, 0) is 14.3 Å². The third-order valence-corrected chi connectivity index (χ3v) is 4.91. The van der Waals surface area contributed by atoms with Gasteiger partial charge in [-0.15, -0.1) is 11.8 Å². The fraction of sp³-hybridized carbons (Fsp3) is 0.421. The fourth-order valence-electron chi connectivity index (χ4n) is 2.44. The molecule has 1 heterocycles. The molecule has 140 valence electrons. The number of carbonyl (C=O) groups excluding carboxylic acids is 2. The van der Waals surface area contributed by atoms with Crippen molar-refractivity contribution in [3.05, 3.63) is 41.6 Å². The number of benzene rings is 1. The van der Waals surface area contributed by atoms with Gasteiger partial charge in [0.25, 0.3) is 5.91 Å². The van der Waals surface area contributed by atoms with Crippen LogP contribution in [0.25, 0.3) is 0 Å². The number of esters is 1. The Bertz CT molecular complexity index is 786. The highest BCUT2D eigenvalue weighted by atomic mass is 32.2. The summed E-state index contributed by atoms with van der Waals surface area (Å²) >= 11 is 1.41. The van der Waals surface area contributed by atoms with Gasteiger partial charge in [0.1, 0.15) is 5.82 Å². The second kappa shape index (κ2) is 8.89. The van der Waals surface area contributed by atoms with Gasteiger partial charge in [-0.2, -0.15) is 5.10 Å². The van der Waals surface area contributed by atoms with Gasteiger partial charge in [-0.1, -0.05) is 17.7 Å². The minimum Gasteiger partial charge on any atom is -0.452 e. The number of hydrogen-bond donors (Lipinski definition) is 1. The topological polar surface area (TPSA) is 73.2 Å². The van der Waals surface area contributed by atoms with Crippen LogP contribution in [0.2, 0.25) is 0 Å². The van der Waals surface area contributed by atoms with Gasteiger partial charge >= 0.3 is 5.97 Å². The Morgan fingerprint density at radius 2 is 1.96 bits per heavy atom. The van der Waals surface area contributed by atoms with Crippen molar-refractivity contribution in [2.45, 2.75) is 51.7 Å². The van der Waals surface area contributed by atoms with Gasteiger partial charge in [0.15, 0.2) is 6.10 Å². The van der Waals surface area contributed by atoms with E-state index in [1.54, 1.807) is 23.9 Å². The average Bonchev–Trinajstić information content (AvgIpc) is 3.02. The molecule has 1 amide bonds. The third-order valence-electron chi connectivity index (χ3n) is 3.76. The molecule has 0 aliphatic heterocycles. The van der Waals surface area contributed by atoms with Gasteiger partial charge in [-0.3, -0.25) is 9.59 Å². The van der Waals surface area contributed by atoms with E-state index in [4.69, 9.17) is 4.74 Å². The summed E-state index contributed by atoms with van der Waals surface area (Å²) in [7, 11) is 0. The highest BCUT2D eigenvalue weighted by Gasteiger charge is 2.20. The standard InChI is InChI=1S/C19H25N3O3S/c1-12(2)22-17(8-9-20-22)21-19(24)15(5)25-18(23)11-26-16-7-6-13(3)10-14(16)4/h6-10,12,15H,11H2,1-5H3,(H,21,24)/t15-/m1/s1. The summed E-state index contributed by atoms with van der Waals surface area (Å²) in [5.74, 6) is -0.0596. The van der Waals surface area contributed by atoms with Gasteiger partial charge in [-0.25, -0.2) is 4.68 Å². The van der Waals surface area contributed by atoms with Gasteiger partial charge in [0, 0.05) is 17.0 Å². The summed E-state index contributed by atoms with van der Waals surface area (Å²) in [5, 5.41) is 6.90. The SMILES string of the molecule is Cc1ccc(SCC(=O)O[C@H](C)C(=O)Nc2ccnn2C(C)C)c(C)c1. The number of nitrogens with one attached hydrogen (secondary N) is 1. The Morgan fingerprint density at radius 3 is 2.62 bits per heavy atom. The van der Waals surface area contributed by atoms with E-state index in [9.17, 15) is 9.59 Å². The molecule has 2 aromatic rings. The molecule has 0 aliphatic rings. The number of carbonyl (C=O) groups is 2. The maximum absolute atomic E-state index is 12.3. The molecule has 0 bridgehead atoms. The Balaban J connectivity index is 1.86. The van der Waals surface area contributed by atoms with Crippen molar-refractivity contribution in [2.75, 3.05) is 11.1 Å². The van der Waals surface area contributed by atoms with E-state index >= 15 is 0 Å². The van der Waals surface area contributed by atoms with E-state index < -0.39 is 12.1 Å². The number of ether oxygens (including phenoxy) is 1. The molecule has 0 saturated carbocycles. The van der Waals surface area contributed by atoms with Gasteiger partial charge in [0.05, 0.1) is 11.9 Å². The molecule has 0 aliphatic carbocycles. The zero-order chi connectivity index (χ0) is 19.3. The molecule has 1 N–H and O–H groups in total. The molecule has 2 rings (SSSR count). The van der Waals surface area contributed by atoms with Crippen molar-refractivity contribution in [3.63, 3.8) is 0 Å². The second-order valence-corrected chi connectivity index (χ2v) is 7.45. The van der Waals surface area contributed by atoms with Crippen molar-refractivity contribution in [1.82, 2.24) is 9.78 Å². The molecule has 1 aromatic carbocycles. The quantitative estimate of drug-likeness (QED) is 0.589. The summed E-state index contributed by atoms with van der Waals surface area (Å²) < 4.78 is 6.94. The smallest absolute Gasteiger partial charge is 0.317 e. The molecule has 6 nitrogen and oxygen atoms in total. The van der Waals surface area contributed by atoms with Gasteiger partial charge < -0.3 is 10.1 Å². The molecule has 0 saturated heterocycles. The highest BCUT2D eigenvalue weighted by Crippen LogP contribution is 2.23. The molecule has 0 radical (unpaired) electrons. The van der Waals surface area contributed by atoms with Crippen molar-refractivity contribution < 1.29 is 14.3 Å². The lowest BCUT2D eigenvalue weighted by Crippen LogP contribution is -2.31. The molecule has 1 atom stereocenters. The van der Waals surface area contributed by atoms with Crippen LogP contribution in [0, 0.1) is 13.8 Å². The molecule has 26 heavy (non-hydrogen) atoms. The maximum Gasteiger partial charge on any atom is 0.317 e. The minimum absolute atomic E-state index is 0.118. The summed E-state index contributed by atoms with van der Waals surface area (Å²) in [6, 6.07) is 7.90. The van der Waals surface area contributed by atoms with Crippen LogP contribution in [0.4, 0.5) is 5.82 Å². The third kappa shape index (κ3) is 5.36. The number of amides is 1. The molecular formula is C19H25N3O3S. The van der Waals surface area contributed by atoms with Crippen LogP contribution in [0.15, 0.2) is 35.4 Å². The second-order valence-electron chi connectivity index (χ2n) is 6.43. The Kier molecular flexibility index (Phi) is 6.85. The van der Waals surface area contributed by atoms with Crippen LogP contribution >= 0.6 is 11.8 Å². The van der Waals surface area contributed by atoms with E-state index in [-0.39, 0.29) is 17.7 Å². The molecule has 1 aromatic heterocycles. The Labute approximate surface area is 158 Å². The number of aromatic nitrogens is 2. The van der Waals surface area contributed by atoms with Crippen LogP contribution in [0.5, 0.6) is 0 Å². The number of nitrogens with zero attached hydrogens (tertiary/aromatic N) is 2. The van der Waals surface area contributed by atoms with Crippen LogP contribution < -0.4 is 5.32 Å². The summed E-state index contributed by atoms with van der Waals surface area (Å²) in [5.41, 5.74) is 2.30. The summed E-state index contributed by atoms with van der Waals surface area (Å²) in [6.07, 6.45) is 0.741. The number of aryl methyl sites for hydroxylation is 2. The normalized spacial score (nSPS) is 12.1. The van der Waals surface area contributed by atoms with Crippen molar-refractivity contribution in [3.8, 4) is 0 Å². The number of anilines is 1. The van der Waals surface area contributed by atoms with E-state index in [1.807, 2.05) is 39.8 Å². The molecular weight excluding hydrogens is 350 g/mol. The first kappa shape index (κ1) is 20.0. The fourth-order valence-corrected chi connectivity index (χ4v) is 3.23. The molecule has 7 heteroatoms. The van der Waals surface area contributed by atoms with Crippen LogP contribution in [-0.4, -0.2) is 33.5 Å². The lowest BCUT2D eigenvalue weighted by atomic mass is 10.2. The largest absolute Gasteiger partial charge is 0.452 e. The molecule has 0 spiro atoms. The van der Waals surface area contributed by atoms with Gasteiger partial charge in [-0.05, 0) is 46.2 Å². The highest BCUT2D eigenvalue weighted by molar-refractivity contribution is 8.00. The monoisotopic (exact) mass is 375 g/mol. The molecule has 0 unspecified atom stereocenters. The van der Waals surface area contributed by atoms with Crippen LogP contribution in [0.3, 0.4) is 0 Å². The first-order valence-electron chi connectivity index (χ1n) is 8.52. The molecule has 0 fully saturated rings. The summed E-state index contributed by atoms with van der Waals surface area (Å²) in [6.45, 7) is 9.54. The first-order valence-corrected chi connectivity index (χ1v) is 9.50. The zero-order valence-corrected chi connectivity index (χ0v) is 16.6. The predicted octanol–water partition coefficient (Wildman–Crippen LogP) is 3.74. The van der Waals surface area contributed by atoms with Gasteiger partial charge in [0.2, 0.25) is 0 Å². The Morgan fingerprint density at radius 1 is 1.23 bits per heavy atom. The van der Waals surface area contributed by atoms with Crippen molar-refractivity contribution >= 4 is 29.5 Å². The van der Waals surface area contributed by atoms with E-state index in [1.165, 1.54) is 17.3 Å². The van der Waals surface area contributed by atoms with Crippen molar-refractivity contribution in [2.24, 2.45) is 0 Å². The lowest BCUT2D eigenvalue weighted by Gasteiger charge is -2.15. The van der Waals surface area contributed by atoms with E-state index in [0.717, 1.165) is 10.5 Å². The zero-order valence-electron chi connectivity index (χ0n) is 15.8.